The molecule has 3 heterocycles. The molecule has 1 aliphatic rings. The van der Waals surface area contributed by atoms with Crippen molar-refractivity contribution in [2.24, 2.45) is 0 Å². The molecule has 0 unspecified atom stereocenters. The molecule has 2 aromatic heterocycles. The van der Waals surface area contributed by atoms with Gasteiger partial charge in [0.2, 0.25) is 0 Å². The van der Waals surface area contributed by atoms with Crippen molar-refractivity contribution in [2.75, 3.05) is 13.1 Å². The van der Waals surface area contributed by atoms with Gasteiger partial charge in [0.15, 0.2) is 5.65 Å². The van der Waals surface area contributed by atoms with Crippen LogP contribution in [0.2, 0.25) is 0 Å². The minimum atomic E-state index is -1.36. The Balaban J connectivity index is 1.38. The van der Waals surface area contributed by atoms with Gasteiger partial charge in [-0.15, -0.1) is 0 Å². The number of amides is 1. The van der Waals surface area contributed by atoms with Gasteiger partial charge in [-0.3, -0.25) is 19.6 Å². The van der Waals surface area contributed by atoms with Gasteiger partial charge in [0.25, 0.3) is 11.5 Å². The van der Waals surface area contributed by atoms with Crippen molar-refractivity contribution in [1.29, 1.82) is 0 Å². The van der Waals surface area contributed by atoms with Gasteiger partial charge in [-0.25, -0.2) is 14.3 Å². The molecule has 1 saturated heterocycles. The fourth-order valence-electron chi connectivity index (χ4n) is 3.56. The molecular formula is C20H21N5O4. The van der Waals surface area contributed by atoms with Crippen LogP contribution in [0.4, 0.5) is 0 Å². The molecule has 0 saturated carbocycles. The Morgan fingerprint density at radius 2 is 1.93 bits per heavy atom. The third-order valence-corrected chi connectivity index (χ3v) is 5.14. The topological polar surface area (TPSA) is 120 Å². The molecule has 1 aromatic carbocycles. The second-order valence-electron chi connectivity index (χ2n) is 7.16. The lowest BCUT2D eigenvalue weighted by molar-refractivity contribution is 0.0694. The second-order valence-corrected chi connectivity index (χ2v) is 7.16. The standard InChI is InChI=1S/C20H21N5O4/c26-18(16-10-17-21-11-15(20(28)29)19(27)25(17)23-16)22-14-6-8-24(9-7-14)12-13-4-2-1-3-5-13/h1-5,10-11,14,23H,6-9,12H2,(H,22,26)(H,28,29). The normalized spacial score (nSPS) is 15.4. The number of carboxylic acid groups (broad SMARTS) is 1. The highest BCUT2D eigenvalue weighted by molar-refractivity contribution is 5.93. The summed E-state index contributed by atoms with van der Waals surface area (Å²) in [5.74, 6) is -1.70. The third-order valence-electron chi connectivity index (χ3n) is 5.14. The van der Waals surface area contributed by atoms with Crippen molar-refractivity contribution >= 4 is 17.5 Å². The molecule has 4 rings (SSSR count). The average Bonchev–Trinajstić information content (AvgIpc) is 3.16. The first-order chi connectivity index (χ1) is 14.0. The van der Waals surface area contributed by atoms with Crippen molar-refractivity contribution in [3.63, 3.8) is 0 Å². The number of carbonyl (C=O) groups excluding carboxylic acids is 1. The summed E-state index contributed by atoms with van der Waals surface area (Å²) in [6.45, 7) is 2.66. The highest BCUT2D eigenvalue weighted by Gasteiger charge is 2.22. The van der Waals surface area contributed by atoms with Gasteiger partial charge in [0.1, 0.15) is 11.3 Å². The predicted octanol–water partition coefficient (Wildman–Crippen LogP) is 1.12. The Labute approximate surface area is 166 Å². The molecule has 0 atom stereocenters. The molecule has 0 radical (unpaired) electrons. The van der Waals surface area contributed by atoms with Crippen LogP contribution >= 0.6 is 0 Å². The maximum Gasteiger partial charge on any atom is 0.343 e. The molecule has 9 nitrogen and oxygen atoms in total. The van der Waals surface area contributed by atoms with Crippen LogP contribution in [0, 0.1) is 0 Å². The maximum absolute atomic E-state index is 12.6. The molecule has 1 fully saturated rings. The summed E-state index contributed by atoms with van der Waals surface area (Å²) in [4.78, 5) is 42.1. The van der Waals surface area contributed by atoms with E-state index >= 15 is 0 Å². The van der Waals surface area contributed by atoms with Crippen LogP contribution in [-0.4, -0.2) is 55.6 Å². The van der Waals surface area contributed by atoms with Gasteiger partial charge in [-0.1, -0.05) is 30.3 Å². The Kier molecular flexibility index (Phi) is 5.13. The fraction of sp³-hybridized carbons (Fsp3) is 0.300. The number of hydrogen-bond donors (Lipinski definition) is 3. The van der Waals surface area contributed by atoms with Crippen LogP contribution in [0.1, 0.15) is 39.3 Å². The lowest BCUT2D eigenvalue weighted by atomic mass is 10.0. The van der Waals surface area contributed by atoms with Gasteiger partial charge < -0.3 is 10.4 Å². The molecule has 0 spiro atoms. The smallest absolute Gasteiger partial charge is 0.343 e. The first-order valence-corrected chi connectivity index (χ1v) is 9.42. The number of piperidine rings is 1. The van der Waals surface area contributed by atoms with E-state index in [1.165, 1.54) is 11.6 Å². The molecule has 9 heteroatoms. The van der Waals surface area contributed by atoms with E-state index in [2.05, 4.69) is 32.4 Å². The fourth-order valence-corrected chi connectivity index (χ4v) is 3.56. The summed E-state index contributed by atoms with van der Waals surface area (Å²) in [7, 11) is 0. The zero-order valence-electron chi connectivity index (χ0n) is 15.7. The number of aromatic nitrogens is 3. The van der Waals surface area contributed by atoms with Crippen LogP contribution in [0.25, 0.3) is 5.65 Å². The molecule has 150 valence electrons. The van der Waals surface area contributed by atoms with Crippen molar-refractivity contribution in [2.45, 2.75) is 25.4 Å². The van der Waals surface area contributed by atoms with Crippen LogP contribution in [0.5, 0.6) is 0 Å². The van der Waals surface area contributed by atoms with Crippen molar-refractivity contribution in [3.8, 4) is 0 Å². The summed E-state index contributed by atoms with van der Waals surface area (Å²) in [5.41, 5.74) is 0.427. The van der Waals surface area contributed by atoms with Crippen molar-refractivity contribution in [1.82, 2.24) is 24.8 Å². The number of hydrogen-bond acceptors (Lipinski definition) is 5. The van der Waals surface area contributed by atoms with E-state index in [-0.39, 0.29) is 23.3 Å². The molecule has 0 aliphatic carbocycles. The van der Waals surface area contributed by atoms with Gasteiger partial charge in [-0.2, -0.15) is 0 Å². The second kappa shape index (κ2) is 7.88. The minimum absolute atomic E-state index is 0.0418. The maximum atomic E-state index is 12.6. The number of carbonyl (C=O) groups is 2. The van der Waals surface area contributed by atoms with E-state index < -0.39 is 17.1 Å². The molecule has 1 aliphatic heterocycles. The average molecular weight is 395 g/mol. The zero-order chi connectivity index (χ0) is 20.4. The minimum Gasteiger partial charge on any atom is -0.477 e. The van der Waals surface area contributed by atoms with Gasteiger partial charge in [0.05, 0.1) is 0 Å². The molecule has 29 heavy (non-hydrogen) atoms. The first kappa shape index (κ1) is 18.9. The summed E-state index contributed by atoms with van der Waals surface area (Å²) >= 11 is 0. The number of rotatable bonds is 5. The number of aromatic amines is 1. The Morgan fingerprint density at radius 3 is 2.62 bits per heavy atom. The SMILES string of the molecule is O=C(NC1CCN(Cc2ccccc2)CC1)c1cc2ncc(C(=O)O)c(=O)n2[nH]1. The molecule has 1 amide bonds. The predicted molar refractivity (Wildman–Crippen MR) is 105 cm³/mol. The molecule has 3 N–H and O–H groups in total. The van der Waals surface area contributed by atoms with E-state index in [4.69, 9.17) is 5.11 Å². The quantitative estimate of drug-likeness (QED) is 0.595. The summed E-state index contributed by atoms with van der Waals surface area (Å²) < 4.78 is 0.973. The summed E-state index contributed by atoms with van der Waals surface area (Å²) in [6.07, 6.45) is 2.66. The monoisotopic (exact) mass is 395 g/mol. The molecular weight excluding hydrogens is 374 g/mol. The largest absolute Gasteiger partial charge is 0.477 e. The lowest BCUT2D eigenvalue weighted by Crippen LogP contribution is -2.44. The lowest BCUT2D eigenvalue weighted by Gasteiger charge is -2.32. The highest BCUT2D eigenvalue weighted by atomic mass is 16.4. The van der Waals surface area contributed by atoms with E-state index in [0.29, 0.717) is 0 Å². The highest BCUT2D eigenvalue weighted by Crippen LogP contribution is 2.14. The number of H-pyrrole nitrogens is 1. The van der Waals surface area contributed by atoms with E-state index in [0.717, 1.165) is 43.2 Å². The number of likely N-dealkylation sites (tertiary alicyclic amines) is 1. The third kappa shape index (κ3) is 4.04. The Morgan fingerprint density at radius 1 is 1.21 bits per heavy atom. The van der Waals surface area contributed by atoms with Crippen LogP contribution in [0.15, 0.2) is 47.4 Å². The van der Waals surface area contributed by atoms with Gasteiger partial charge in [0, 0.05) is 37.9 Å². The van der Waals surface area contributed by atoms with E-state index in [9.17, 15) is 14.4 Å². The number of aromatic carboxylic acids is 1. The molecule has 3 aromatic rings. The van der Waals surface area contributed by atoms with Gasteiger partial charge in [-0.05, 0) is 18.4 Å². The van der Waals surface area contributed by atoms with E-state index in [1.54, 1.807) is 0 Å². The number of nitrogens with one attached hydrogen (secondary N) is 2. The number of fused-ring (bicyclic) bond motifs is 1. The first-order valence-electron chi connectivity index (χ1n) is 9.42. The zero-order valence-corrected chi connectivity index (χ0v) is 15.7. The summed E-state index contributed by atoms with van der Waals surface area (Å²) in [6, 6.07) is 11.8. The number of nitrogens with zero attached hydrogens (tertiary/aromatic N) is 3. The Bertz CT molecular complexity index is 1100. The number of carboxylic acids is 1. The van der Waals surface area contributed by atoms with Crippen molar-refractivity contribution in [3.05, 3.63) is 69.8 Å². The van der Waals surface area contributed by atoms with Crippen LogP contribution in [-0.2, 0) is 6.54 Å². The van der Waals surface area contributed by atoms with Crippen molar-refractivity contribution < 1.29 is 14.7 Å². The van der Waals surface area contributed by atoms with Crippen LogP contribution < -0.4 is 10.9 Å². The molecule has 0 bridgehead atoms. The van der Waals surface area contributed by atoms with Crippen LogP contribution in [0.3, 0.4) is 0 Å². The van der Waals surface area contributed by atoms with E-state index in [1.807, 2.05) is 18.2 Å². The van der Waals surface area contributed by atoms with Gasteiger partial charge >= 0.3 is 5.97 Å². The number of benzene rings is 1. The Hall–Kier alpha value is -3.46. The summed E-state index contributed by atoms with van der Waals surface area (Å²) in [5, 5.41) is 14.6.